The summed E-state index contributed by atoms with van der Waals surface area (Å²) in [6.07, 6.45) is 6.47. The predicted molar refractivity (Wildman–Crippen MR) is 84.2 cm³/mol. The predicted octanol–water partition coefficient (Wildman–Crippen LogP) is 2.77. The van der Waals surface area contributed by atoms with Gasteiger partial charge in [0.25, 0.3) is 0 Å². The van der Waals surface area contributed by atoms with Gasteiger partial charge in [0.1, 0.15) is 0 Å². The number of carbonyl (C=O) groups is 1. The van der Waals surface area contributed by atoms with E-state index in [2.05, 4.69) is 26.1 Å². The fourth-order valence-corrected chi connectivity index (χ4v) is 5.34. The lowest BCUT2D eigenvalue weighted by atomic mass is 9.65. The molecule has 112 valence electrons. The third kappa shape index (κ3) is 1.69. The fraction of sp³-hybridized carbons (Fsp3) is 0.875. The van der Waals surface area contributed by atoms with Crippen LogP contribution in [-0.4, -0.2) is 16.9 Å². The quantitative estimate of drug-likeness (QED) is 0.787. The van der Waals surface area contributed by atoms with Crippen LogP contribution in [0.1, 0.15) is 59.3 Å². The van der Waals surface area contributed by atoms with Gasteiger partial charge >= 0.3 is 0 Å². The number of thiocarbonyl (C=S) groups is 1. The van der Waals surface area contributed by atoms with E-state index >= 15 is 0 Å². The number of nitrogens with one attached hydrogen (secondary N) is 1. The number of amides is 1. The maximum Gasteiger partial charge on any atom is 0.233 e. The highest BCUT2D eigenvalue weighted by molar-refractivity contribution is 7.80. The molecule has 4 heteroatoms. The van der Waals surface area contributed by atoms with E-state index in [0.29, 0.717) is 4.99 Å². The molecule has 3 atom stereocenters. The fourth-order valence-electron chi connectivity index (χ4n) is 5.05. The lowest BCUT2D eigenvalue weighted by molar-refractivity contribution is -0.133. The van der Waals surface area contributed by atoms with Gasteiger partial charge in [-0.15, -0.1) is 0 Å². The van der Waals surface area contributed by atoms with Crippen LogP contribution in [0.15, 0.2) is 0 Å². The summed E-state index contributed by atoms with van der Waals surface area (Å²) in [6, 6.07) is 0.257. The highest BCUT2D eigenvalue weighted by atomic mass is 32.1. The minimum Gasteiger partial charge on any atom is -0.392 e. The van der Waals surface area contributed by atoms with E-state index in [-0.39, 0.29) is 22.8 Å². The molecule has 3 aliphatic rings. The number of rotatable bonds is 3. The Labute approximate surface area is 127 Å². The first-order chi connectivity index (χ1) is 9.22. The maximum atomic E-state index is 12.8. The second-order valence-corrected chi connectivity index (χ2v) is 8.56. The molecule has 0 saturated heterocycles. The second kappa shape index (κ2) is 4.19. The molecule has 1 amide bonds. The largest absolute Gasteiger partial charge is 0.392 e. The molecular weight excluding hydrogens is 268 g/mol. The van der Waals surface area contributed by atoms with Gasteiger partial charge in [0, 0.05) is 6.04 Å². The molecule has 2 bridgehead atoms. The average molecular weight is 294 g/mol. The Hall–Kier alpha value is -0.640. The van der Waals surface area contributed by atoms with Crippen molar-refractivity contribution in [3.8, 4) is 0 Å². The third-order valence-electron chi connectivity index (χ3n) is 6.66. The van der Waals surface area contributed by atoms with Gasteiger partial charge in [0.2, 0.25) is 5.91 Å². The van der Waals surface area contributed by atoms with Crippen molar-refractivity contribution in [2.24, 2.45) is 27.9 Å². The van der Waals surface area contributed by atoms with Gasteiger partial charge < -0.3 is 11.1 Å². The molecule has 0 aromatic heterocycles. The molecule has 20 heavy (non-hydrogen) atoms. The van der Waals surface area contributed by atoms with E-state index in [1.165, 1.54) is 19.3 Å². The van der Waals surface area contributed by atoms with E-state index in [1.807, 2.05) is 0 Å². The van der Waals surface area contributed by atoms with E-state index in [0.717, 1.165) is 25.2 Å². The minimum absolute atomic E-state index is 0.0862. The SMILES string of the molecule is CC12CCC(C1)C(C)(C)C2NC(=O)C1(C(N)=S)CCC1. The minimum atomic E-state index is -0.552. The van der Waals surface area contributed by atoms with Crippen molar-refractivity contribution in [1.29, 1.82) is 0 Å². The van der Waals surface area contributed by atoms with Crippen molar-refractivity contribution < 1.29 is 4.79 Å². The first kappa shape index (κ1) is 14.3. The molecule has 3 saturated carbocycles. The van der Waals surface area contributed by atoms with Gasteiger partial charge in [0.05, 0.1) is 10.4 Å². The summed E-state index contributed by atoms with van der Waals surface area (Å²) < 4.78 is 0. The molecule has 0 aromatic rings. The maximum absolute atomic E-state index is 12.8. The zero-order valence-electron chi connectivity index (χ0n) is 12.8. The first-order valence-electron chi connectivity index (χ1n) is 7.83. The first-order valence-corrected chi connectivity index (χ1v) is 8.24. The lowest BCUT2D eigenvalue weighted by Gasteiger charge is -2.46. The van der Waals surface area contributed by atoms with Crippen molar-refractivity contribution in [1.82, 2.24) is 5.32 Å². The smallest absolute Gasteiger partial charge is 0.233 e. The normalized spacial score (nSPS) is 40.1. The summed E-state index contributed by atoms with van der Waals surface area (Å²) >= 11 is 5.17. The van der Waals surface area contributed by atoms with Crippen LogP contribution in [0.3, 0.4) is 0 Å². The monoisotopic (exact) mass is 294 g/mol. The van der Waals surface area contributed by atoms with Crippen LogP contribution in [-0.2, 0) is 4.79 Å². The van der Waals surface area contributed by atoms with Crippen molar-refractivity contribution in [2.75, 3.05) is 0 Å². The highest BCUT2D eigenvalue weighted by Crippen LogP contribution is 2.62. The summed E-state index contributed by atoms with van der Waals surface area (Å²) in [7, 11) is 0. The number of hydrogen-bond acceptors (Lipinski definition) is 2. The molecule has 3 fully saturated rings. The third-order valence-corrected chi connectivity index (χ3v) is 7.05. The Morgan fingerprint density at radius 1 is 1.25 bits per heavy atom. The van der Waals surface area contributed by atoms with Crippen LogP contribution >= 0.6 is 12.2 Å². The number of hydrogen-bond donors (Lipinski definition) is 2. The summed E-state index contributed by atoms with van der Waals surface area (Å²) in [4.78, 5) is 13.2. The van der Waals surface area contributed by atoms with Crippen LogP contribution in [0.2, 0.25) is 0 Å². The van der Waals surface area contributed by atoms with Gasteiger partial charge in [0.15, 0.2) is 0 Å². The zero-order valence-corrected chi connectivity index (χ0v) is 13.6. The number of fused-ring (bicyclic) bond motifs is 2. The Balaban J connectivity index is 1.81. The lowest BCUT2D eigenvalue weighted by Crippen LogP contribution is -2.60. The van der Waals surface area contributed by atoms with Gasteiger partial charge in [-0.25, -0.2) is 0 Å². The van der Waals surface area contributed by atoms with Crippen LogP contribution in [0.4, 0.5) is 0 Å². The molecule has 0 radical (unpaired) electrons. The summed E-state index contributed by atoms with van der Waals surface area (Å²) in [5, 5.41) is 3.36. The Morgan fingerprint density at radius 2 is 1.90 bits per heavy atom. The molecule has 3 N–H and O–H groups in total. The molecule has 0 aliphatic heterocycles. The van der Waals surface area contributed by atoms with E-state index in [1.54, 1.807) is 0 Å². The Bertz CT molecular complexity index is 464. The van der Waals surface area contributed by atoms with Crippen molar-refractivity contribution in [3.63, 3.8) is 0 Å². The van der Waals surface area contributed by atoms with E-state index in [4.69, 9.17) is 18.0 Å². The van der Waals surface area contributed by atoms with Gasteiger partial charge in [-0.2, -0.15) is 0 Å². The zero-order chi connectivity index (χ0) is 14.8. The Morgan fingerprint density at radius 3 is 2.30 bits per heavy atom. The van der Waals surface area contributed by atoms with Crippen molar-refractivity contribution >= 4 is 23.1 Å². The molecule has 3 aliphatic carbocycles. The van der Waals surface area contributed by atoms with Crippen molar-refractivity contribution in [3.05, 3.63) is 0 Å². The molecule has 3 unspecified atom stereocenters. The molecule has 0 spiro atoms. The second-order valence-electron chi connectivity index (χ2n) is 8.12. The number of carbonyl (C=O) groups excluding carboxylic acids is 1. The van der Waals surface area contributed by atoms with Gasteiger partial charge in [-0.05, 0) is 48.9 Å². The Kier molecular flexibility index (Phi) is 2.99. The molecule has 3 rings (SSSR count). The van der Waals surface area contributed by atoms with E-state index in [9.17, 15) is 4.79 Å². The molecule has 3 nitrogen and oxygen atoms in total. The van der Waals surface area contributed by atoms with Crippen molar-refractivity contribution in [2.45, 2.75) is 65.3 Å². The average Bonchev–Trinajstić information content (AvgIpc) is 2.73. The van der Waals surface area contributed by atoms with Gasteiger partial charge in [-0.3, -0.25) is 4.79 Å². The summed E-state index contributed by atoms with van der Waals surface area (Å²) in [5.41, 5.74) is 5.74. The van der Waals surface area contributed by atoms with Crippen LogP contribution in [0.5, 0.6) is 0 Å². The van der Waals surface area contributed by atoms with Crippen LogP contribution in [0, 0.1) is 22.2 Å². The summed E-state index contributed by atoms with van der Waals surface area (Å²) in [6.45, 7) is 6.95. The van der Waals surface area contributed by atoms with Gasteiger partial charge in [-0.1, -0.05) is 39.4 Å². The molecule has 0 aromatic carbocycles. The topological polar surface area (TPSA) is 55.1 Å². The van der Waals surface area contributed by atoms with Crippen LogP contribution < -0.4 is 11.1 Å². The number of nitrogens with two attached hydrogens (primary N) is 1. The van der Waals surface area contributed by atoms with Crippen LogP contribution in [0.25, 0.3) is 0 Å². The standard InChI is InChI=1S/C16H26N2OS/c1-14(2)10-5-8-15(3,9-10)11(14)18-13(19)16(12(17)20)6-4-7-16/h10-11H,4-9H2,1-3H3,(H2,17,20)(H,18,19). The summed E-state index contributed by atoms with van der Waals surface area (Å²) in [5.74, 6) is 0.822. The highest BCUT2D eigenvalue weighted by Gasteiger charge is 2.61. The van der Waals surface area contributed by atoms with E-state index < -0.39 is 5.41 Å². The molecular formula is C16H26N2OS. The molecule has 0 heterocycles.